The van der Waals surface area contributed by atoms with Crippen LogP contribution < -0.4 is 0 Å². The van der Waals surface area contributed by atoms with Gasteiger partial charge in [-0.3, -0.25) is 0 Å². The van der Waals surface area contributed by atoms with Gasteiger partial charge in [0.15, 0.2) is 0 Å². The second-order valence-corrected chi connectivity index (χ2v) is 5.24. The molecule has 1 aliphatic heterocycles. The van der Waals surface area contributed by atoms with Gasteiger partial charge in [-0.25, -0.2) is 0 Å². The van der Waals surface area contributed by atoms with Crippen LogP contribution in [0.15, 0.2) is 11.5 Å². The lowest BCUT2D eigenvalue weighted by Crippen LogP contribution is -2.24. The molecule has 0 radical (unpaired) electrons. The van der Waals surface area contributed by atoms with Crippen molar-refractivity contribution in [3.63, 3.8) is 0 Å². The van der Waals surface area contributed by atoms with Crippen LogP contribution in [-0.4, -0.2) is 46.3 Å². The summed E-state index contributed by atoms with van der Waals surface area (Å²) in [7, 11) is 1.50. The number of hydrogen-bond donors (Lipinski definition) is 0. The summed E-state index contributed by atoms with van der Waals surface area (Å²) >= 11 is 0. The van der Waals surface area contributed by atoms with E-state index in [2.05, 4.69) is 19.9 Å². The molecule has 1 fully saturated rings. The normalized spacial score (nSPS) is 23.7. The van der Waals surface area contributed by atoms with Gasteiger partial charge in [-0.1, -0.05) is 13.0 Å². The Morgan fingerprint density at radius 2 is 2.21 bits per heavy atom. The first-order valence-electron chi connectivity index (χ1n) is 7.15. The van der Waals surface area contributed by atoms with Gasteiger partial charge in [0.25, 0.3) is 0 Å². The van der Waals surface area contributed by atoms with Gasteiger partial charge in [0.2, 0.25) is 0 Å². The maximum atomic E-state index is 5.79. The Balaban J connectivity index is 2.64. The Hall–Kier alpha value is -0.355. The maximum absolute atomic E-state index is 5.79. The molecular formula is C14H27BO4. The molecule has 1 aliphatic rings. The molecule has 0 aliphatic carbocycles. The summed E-state index contributed by atoms with van der Waals surface area (Å²) in [5.74, 6) is 0.349. The summed E-state index contributed by atoms with van der Waals surface area (Å²) in [6, 6.07) is 0. The Kier molecular flexibility index (Phi) is 7.68. The van der Waals surface area contributed by atoms with E-state index >= 15 is 0 Å². The van der Waals surface area contributed by atoms with Crippen molar-refractivity contribution in [3.8, 4) is 0 Å². The van der Waals surface area contributed by atoms with E-state index in [1.54, 1.807) is 7.11 Å². The van der Waals surface area contributed by atoms with Gasteiger partial charge in [-0.2, -0.15) is 0 Å². The minimum atomic E-state index is -0.225. The fourth-order valence-corrected chi connectivity index (χ4v) is 2.08. The molecule has 1 rings (SSSR count). The van der Waals surface area contributed by atoms with Crippen LogP contribution in [0.25, 0.3) is 0 Å². The molecule has 1 heterocycles. The largest absolute Gasteiger partial charge is 0.489 e. The second kappa shape index (κ2) is 8.74. The van der Waals surface area contributed by atoms with Gasteiger partial charge in [-0.15, -0.1) is 0 Å². The third kappa shape index (κ3) is 6.08. The smallest absolute Gasteiger partial charge is 0.405 e. The number of rotatable bonds is 8. The summed E-state index contributed by atoms with van der Waals surface area (Å²) < 4.78 is 22.3. The van der Waals surface area contributed by atoms with Crippen molar-refractivity contribution >= 4 is 7.12 Å². The van der Waals surface area contributed by atoms with Crippen LogP contribution in [0, 0.1) is 5.92 Å². The Bertz CT molecular complexity index is 283. The molecule has 0 amide bonds. The Labute approximate surface area is 117 Å². The van der Waals surface area contributed by atoms with E-state index in [9.17, 15) is 0 Å². The number of methoxy groups -OCH3 is 1. The molecular weight excluding hydrogens is 243 g/mol. The molecule has 0 aromatic carbocycles. The van der Waals surface area contributed by atoms with Gasteiger partial charge >= 0.3 is 7.12 Å². The van der Waals surface area contributed by atoms with E-state index in [4.69, 9.17) is 18.8 Å². The van der Waals surface area contributed by atoms with E-state index in [1.165, 1.54) is 0 Å². The van der Waals surface area contributed by atoms with Crippen LogP contribution in [-0.2, 0) is 18.8 Å². The third-order valence-corrected chi connectivity index (χ3v) is 3.15. The molecule has 4 nitrogen and oxygen atoms in total. The van der Waals surface area contributed by atoms with Gasteiger partial charge in [-0.05, 0) is 38.6 Å². The van der Waals surface area contributed by atoms with Crippen LogP contribution in [0.2, 0.25) is 0 Å². The quantitative estimate of drug-likeness (QED) is 0.635. The topological polar surface area (TPSA) is 36.9 Å². The SMILES string of the molecule is CCOC[C@@H](C)/C=C(\C[C@H](C)OC)B1OC[C@H](C)O1. The highest BCUT2D eigenvalue weighted by atomic mass is 16.6. The van der Waals surface area contributed by atoms with E-state index in [0.29, 0.717) is 12.5 Å². The molecule has 0 unspecified atom stereocenters. The first-order valence-corrected chi connectivity index (χ1v) is 7.15. The van der Waals surface area contributed by atoms with E-state index < -0.39 is 0 Å². The molecule has 110 valence electrons. The highest BCUT2D eigenvalue weighted by molar-refractivity contribution is 6.54. The molecule has 0 aromatic rings. The van der Waals surface area contributed by atoms with Crippen LogP contribution in [0.5, 0.6) is 0 Å². The molecule has 0 saturated carbocycles. The fraction of sp³-hybridized carbons (Fsp3) is 0.857. The predicted molar refractivity (Wildman–Crippen MR) is 77.1 cm³/mol. The average molecular weight is 270 g/mol. The summed E-state index contributed by atoms with van der Waals surface area (Å²) in [6.07, 6.45) is 3.35. The van der Waals surface area contributed by atoms with Crippen molar-refractivity contribution in [2.24, 2.45) is 5.92 Å². The van der Waals surface area contributed by atoms with Gasteiger partial charge in [0.1, 0.15) is 0 Å². The minimum absolute atomic E-state index is 0.161. The highest BCUT2D eigenvalue weighted by Crippen LogP contribution is 2.21. The van der Waals surface area contributed by atoms with E-state index in [1.807, 2.05) is 13.8 Å². The van der Waals surface area contributed by atoms with Crippen molar-refractivity contribution in [3.05, 3.63) is 11.5 Å². The lowest BCUT2D eigenvalue weighted by atomic mass is 9.74. The summed E-state index contributed by atoms with van der Waals surface area (Å²) in [6.45, 7) is 10.4. The zero-order chi connectivity index (χ0) is 14.3. The summed E-state index contributed by atoms with van der Waals surface area (Å²) in [5.41, 5.74) is 1.16. The van der Waals surface area contributed by atoms with Crippen LogP contribution in [0.3, 0.4) is 0 Å². The monoisotopic (exact) mass is 270 g/mol. The molecule has 0 spiro atoms. The van der Waals surface area contributed by atoms with Gasteiger partial charge < -0.3 is 18.8 Å². The van der Waals surface area contributed by atoms with Crippen molar-refractivity contribution in [2.75, 3.05) is 26.9 Å². The van der Waals surface area contributed by atoms with Crippen molar-refractivity contribution in [1.29, 1.82) is 0 Å². The van der Waals surface area contributed by atoms with Crippen LogP contribution >= 0.6 is 0 Å². The van der Waals surface area contributed by atoms with Crippen molar-refractivity contribution < 1.29 is 18.8 Å². The highest BCUT2D eigenvalue weighted by Gasteiger charge is 2.33. The van der Waals surface area contributed by atoms with Gasteiger partial charge in [0, 0.05) is 13.7 Å². The zero-order valence-electron chi connectivity index (χ0n) is 12.8. The van der Waals surface area contributed by atoms with Crippen molar-refractivity contribution in [1.82, 2.24) is 0 Å². The van der Waals surface area contributed by atoms with Gasteiger partial charge in [0.05, 0.1) is 25.4 Å². The molecule has 19 heavy (non-hydrogen) atoms. The first kappa shape index (κ1) is 16.7. The number of hydrogen-bond acceptors (Lipinski definition) is 4. The minimum Gasteiger partial charge on any atom is -0.405 e. The van der Waals surface area contributed by atoms with Crippen molar-refractivity contribution in [2.45, 2.75) is 46.3 Å². The van der Waals surface area contributed by atoms with E-state index in [-0.39, 0.29) is 19.3 Å². The molecule has 0 bridgehead atoms. The lowest BCUT2D eigenvalue weighted by Gasteiger charge is -2.17. The predicted octanol–water partition coefficient (Wildman–Crippen LogP) is 2.47. The third-order valence-electron chi connectivity index (χ3n) is 3.15. The fourth-order valence-electron chi connectivity index (χ4n) is 2.08. The molecule has 5 heteroatoms. The second-order valence-electron chi connectivity index (χ2n) is 5.24. The zero-order valence-corrected chi connectivity index (χ0v) is 12.8. The Morgan fingerprint density at radius 1 is 1.47 bits per heavy atom. The Morgan fingerprint density at radius 3 is 2.74 bits per heavy atom. The molecule has 0 N–H and O–H groups in total. The van der Waals surface area contributed by atoms with Crippen LogP contribution in [0.1, 0.15) is 34.1 Å². The summed E-state index contributed by atoms with van der Waals surface area (Å²) in [4.78, 5) is 0. The average Bonchev–Trinajstić information content (AvgIpc) is 2.82. The molecule has 0 aromatic heterocycles. The maximum Gasteiger partial charge on any atom is 0.489 e. The lowest BCUT2D eigenvalue weighted by molar-refractivity contribution is 0.117. The summed E-state index contributed by atoms with van der Waals surface area (Å²) in [5, 5.41) is 0. The standard InChI is InChI=1S/C14H27BO4/c1-6-17-9-11(2)7-14(8-12(3)16-5)15-18-10-13(4)19-15/h7,11-13H,6,8-10H2,1-5H3/b14-7+/t11-,12-,13-/m0/s1. The van der Waals surface area contributed by atoms with Crippen LogP contribution in [0.4, 0.5) is 0 Å². The van der Waals surface area contributed by atoms with E-state index in [0.717, 1.165) is 25.1 Å². The first-order chi connectivity index (χ1) is 9.06. The molecule has 3 atom stereocenters. The molecule has 1 saturated heterocycles. The number of ether oxygens (including phenoxy) is 2.